The van der Waals surface area contributed by atoms with Crippen molar-refractivity contribution in [3.8, 4) is 0 Å². The molecule has 0 unspecified atom stereocenters. The summed E-state index contributed by atoms with van der Waals surface area (Å²) in [6.45, 7) is 0.628. The van der Waals surface area contributed by atoms with Crippen molar-refractivity contribution in [1.82, 2.24) is 9.55 Å². The number of hydrogen-bond donors (Lipinski definition) is 1. The molecule has 16 heavy (non-hydrogen) atoms. The molecule has 0 radical (unpaired) electrons. The molecular weight excluding hydrogens is 222 g/mol. The highest BCUT2D eigenvalue weighted by atomic mass is 35.5. The van der Waals surface area contributed by atoms with Gasteiger partial charge < -0.3 is 10.3 Å². The zero-order valence-corrected chi connectivity index (χ0v) is 9.74. The van der Waals surface area contributed by atoms with E-state index in [9.17, 15) is 0 Å². The third-order valence-electron chi connectivity index (χ3n) is 3.10. The number of benzene rings is 1. The quantitative estimate of drug-likeness (QED) is 0.889. The van der Waals surface area contributed by atoms with Gasteiger partial charge in [-0.15, -0.1) is 0 Å². The molecule has 1 heterocycles. The summed E-state index contributed by atoms with van der Waals surface area (Å²) in [6, 6.07) is 4.73. The average molecular weight is 236 g/mol. The van der Waals surface area contributed by atoms with E-state index in [1.165, 1.54) is 18.4 Å². The summed E-state index contributed by atoms with van der Waals surface area (Å²) in [5.74, 6) is 0. The number of nitrogens with zero attached hydrogens (tertiary/aromatic N) is 2. The smallest absolute Gasteiger partial charge is 0.0960 e. The Kier molecular flexibility index (Phi) is 2.37. The topological polar surface area (TPSA) is 43.8 Å². The predicted molar refractivity (Wildman–Crippen MR) is 65.8 cm³/mol. The largest absolute Gasteiger partial charge is 0.330 e. The molecule has 1 aliphatic rings. The zero-order valence-electron chi connectivity index (χ0n) is 8.99. The Morgan fingerprint density at radius 3 is 2.94 bits per heavy atom. The molecule has 3 nitrogen and oxygen atoms in total. The summed E-state index contributed by atoms with van der Waals surface area (Å²) in [5, 5.41) is 0.777. The summed E-state index contributed by atoms with van der Waals surface area (Å²) in [4.78, 5) is 4.39. The van der Waals surface area contributed by atoms with Gasteiger partial charge in [-0.1, -0.05) is 11.6 Å². The number of rotatable bonds is 3. The Morgan fingerprint density at radius 1 is 1.44 bits per heavy atom. The summed E-state index contributed by atoms with van der Waals surface area (Å²) in [7, 11) is 0. The van der Waals surface area contributed by atoms with E-state index in [2.05, 4.69) is 15.6 Å². The summed E-state index contributed by atoms with van der Waals surface area (Å²) < 4.78 is 2.26. The number of nitrogens with two attached hydrogens (primary N) is 1. The first-order valence-electron chi connectivity index (χ1n) is 5.64. The Bertz CT molecular complexity index is 528. The first-order chi connectivity index (χ1) is 7.79. The Balaban J connectivity index is 2.14. The summed E-state index contributed by atoms with van der Waals surface area (Å²) >= 11 is 6.18. The van der Waals surface area contributed by atoms with E-state index in [4.69, 9.17) is 17.3 Å². The van der Waals surface area contributed by atoms with Crippen LogP contribution in [0.15, 0.2) is 18.5 Å². The van der Waals surface area contributed by atoms with Gasteiger partial charge in [0, 0.05) is 11.1 Å². The highest BCUT2D eigenvalue weighted by Crippen LogP contribution is 2.37. The van der Waals surface area contributed by atoms with Crippen LogP contribution in [0.2, 0.25) is 5.02 Å². The van der Waals surface area contributed by atoms with Gasteiger partial charge in [0.2, 0.25) is 0 Å². The normalized spacial score (nSPS) is 15.9. The van der Waals surface area contributed by atoms with Crippen LogP contribution in [0.25, 0.3) is 11.0 Å². The molecule has 1 fully saturated rings. The monoisotopic (exact) mass is 235 g/mol. The first kappa shape index (κ1) is 10.1. The summed E-state index contributed by atoms with van der Waals surface area (Å²) in [6.07, 6.45) is 5.27. The third-order valence-corrected chi connectivity index (χ3v) is 3.45. The third kappa shape index (κ3) is 1.60. The Hall–Kier alpha value is -1.06. The van der Waals surface area contributed by atoms with E-state index in [-0.39, 0.29) is 0 Å². The van der Waals surface area contributed by atoms with E-state index in [1.54, 1.807) is 0 Å². The predicted octanol–water partition coefficient (Wildman–Crippen LogP) is 2.53. The molecule has 2 N–H and O–H groups in total. The maximum Gasteiger partial charge on any atom is 0.0960 e. The number of fused-ring (bicyclic) bond motifs is 1. The Morgan fingerprint density at radius 2 is 2.25 bits per heavy atom. The van der Waals surface area contributed by atoms with Crippen molar-refractivity contribution in [2.75, 3.05) is 6.54 Å². The lowest BCUT2D eigenvalue weighted by Gasteiger charge is -2.05. The standard InChI is InChI=1S/C12H14ClN3/c13-10-6-11-12(5-8(10)3-4-14)16(7-15-11)9-1-2-9/h5-7,9H,1-4,14H2. The van der Waals surface area contributed by atoms with Gasteiger partial charge in [-0.05, 0) is 43.5 Å². The van der Waals surface area contributed by atoms with Gasteiger partial charge in [0.1, 0.15) is 0 Å². The van der Waals surface area contributed by atoms with Gasteiger partial charge >= 0.3 is 0 Å². The molecule has 1 aromatic carbocycles. The van der Waals surface area contributed by atoms with E-state index in [0.717, 1.165) is 22.5 Å². The van der Waals surface area contributed by atoms with Crippen LogP contribution in [0.5, 0.6) is 0 Å². The average Bonchev–Trinajstić information content (AvgIpc) is 3.02. The minimum atomic E-state index is 0.628. The van der Waals surface area contributed by atoms with Crippen molar-refractivity contribution in [1.29, 1.82) is 0 Å². The molecule has 4 heteroatoms. The van der Waals surface area contributed by atoms with Crippen LogP contribution < -0.4 is 5.73 Å². The van der Waals surface area contributed by atoms with Gasteiger partial charge in [0.15, 0.2) is 0 Å². The van der Waals surface area contributed by atoms with Crippen LogP contribution in [-0.2, 0) is 6.42 Å². The second-order valence-electron chi connectivity index (χ2n) is 4.35. The lowest BCUT2D eigenvalue weighted by molar-refractivity contribution is 0.765. The molecule has 2 aromatic rings. The molecular formula is C12H14ClN3. The maximum atomic E-state index is 6.18. The molecule has 0 atom stereocenters. The molecule has 1 aromatic heterocycles. The number of aromatic nitrogens is 2. The minimum absolute atomic E-state index is 0.628. The maximum absolute atomic E-state index is 6.18. The molecule has 1 aliphatic carbocycles. The lowest BCUT2D eigenvalue weighted by atomic mass is 10.1. The molecule has 0 aliphatic heterocycles. The van der Waals surface area contributed by atoms with Crippen molar-refractivity contribution in [3.63, 3.8) is 0 Å². The molecule has 0 amide bonds. The number of imidazole rings is 1. The highest BCUT2D eigenvalue weighted by molar-refractivity contribution is 6.32. The lowest BCUT2D eigenvalue weighted by Crippen LogP contribution is -2.03. The second-order valence-corrected chi connectivity index (χ2v) is 4.76. The van der Waals surface area contributed by atoms with Crippen LogP contribution in [0.4, 0.5) is 0 Å². The number of halogens is 1. The van der Waals surface area contributed by atoms with E-state index in [1.807, 2.05) is 12.4 Å². The van der Waals surface area contributed by atoms with Crippen molar-refractivity contribution in [2.45, 2.75) is 25.3 Å². The van der Waals surface area contributed by atoms with Crippen molar-refractivity contribution < 1.29 is 0 Å². The van der Waals surface area contributed by atoms with Gasteiger partial charge in [0.25, 0.3) is 0 Å². The fourth-order valence-electron chi connectivity index (χ4n) is 2.08. The van der Waals surface area contributed by atoms with Crippen LogP contribution in [0.3, 0.4) is 0 Å². The molecule has 1 saturated carbocycles. The van der Waals surface area contributed by atoms with Crippen molar-refractivity contribution in [3.05, 3.63) is 29.0 Å². The van der Waals surface area contributed by atoms with Gasteiger partial charge in [-0.2, -0.15) is 0 Å². The fraction of sp³-hybridized carbons (Fsp3) is 0.417. The molecule has 0 saturated heterocycles. The van der Waals surface area contributed by atoms with Gasteiger partial charge in [0.05, 0.1) is 17.4 Å². The van der Waals surface area contributed by atoms with E-state index < -0.39 is 0 Å². The van der Waals surface area contributed by atoms with Crippen LogP contribution >= 0.6 is 11.6 Å². The Labute approximate surface area is 99.2 Å². The van der Waals surface area contributed by atoms with E-state index in [0.29, 0.717) is 12.6 Å². The van der Waals surface area contributed by atoms with E-state index >= 15 is 0 Å². The summed E-state index contributed by atoms with van der Waals surface area (Å²) in [5.41, 5.74) is 8.88. The second kappa shape index (κ2) is 3.75. The molecule has 84 valence electrons. The highest BCUT2D eigenvalue weighted by Gasteiger charge is 2.25. The molecule has 0 spiro atoms. The van der Waals surface area contributed by atoms with Crippen LogP contribution in [-0.4, -0.2) is 16.1 Å². The van der Waals surface area contributed by atoms with Crippen LogP contribution in [0.1, 0.15) is 24.4 Å². The van der Waals surface area contributed by atoms with Gasteiger partial charge in [-0.3, -0.25) is 0 Å². The molecule has 3 rings (SSSR count). The van der Waals surface area contributed by atoms with Crippen molar-refractivity contribution >= 4 is 22.6 Å². The SMILES string of the molecule is NCCc1cc2c(cc1Cl)ncn2C1CC1. The zero-order chi connectivity index (χ0) is 11.1. The minimum Gasteiger partial charge on any atom is -0.330 e. The fourth-order valence-corrected chi connectivity index (χ4v) is 2.33. The van der Waals surface area contributed by atoms with Crippen LogP contribution in [0, 0.1) is 0 Å². The van der Waals surface area contributed by atoms with Crippen molar-refractivity contribution in [2.24, 2.45) is 5.73 Å². The molecule has 0 bridgehead atoms. The van der Waals surface area contributed by atoms with Gasteiger partial charge in [-0.25, -0.2) is 4.98 Å². The first-order valence-corrected chi connectivity index (χ1v) is 6.02. The number of hydrogen-bond acceptors (Lipinski definition) is 2.